The molecule has 0 bridgehead atoms. The number of primary amides is 1. The Balaban J connectivity index is 2.46. The van der Waals surface area contributed by atoms with Gasteiger partial charge in [-0.2, -0.15) is 0 Å². The van der Waals surface area contributed by atoms with Crippen LogP contribution in [0.3, 0.4) is 0 Å². The summed E-state index contributed by atoms with van der Waals surface area (Å²) >= 11 is 0. The molecule has 1 aliphatic rings. The van der Waals surface area contributed by atoms with Crippen LogP contribution < -0.4 is 5.73 Å². The smallest absolute Gasteiger partial charge is 0.315 e. The summed E-state index contributed by atoms with van der Waals surface area (Å²) in [5.41, 5.74) is 5.89. The second kappa shape index (κ2) is 40.5. The molecule has 7 N–H and O–H groups in total. The molecule has 0 spiro atoms. The number of amides is 2. The van der Waals surface area contributed by atoms with E-state index < -0.39 is 55.0 Å². The van der Waals surface area contributed by atoms with Crippen molar-refractivity contribution >= 4 is 6.03 Å². The number of hydrogen-bond acceptors (Lipinski definition) is 9. The predicted octanol–water partition coefficient (Wildman–Crippen LogP) is 10.6. The van der Waals surface area contributed by atoms with E-state index in [9.17, 15) is 30.3 Å². The van der Waals surface area contributed by atoms with Crippen LogP contribution in [0, 0.1) is 0 Å². The van der Waals surface area contributed by atoms with Gasteiger partial charge >= 0.3 is 6.03 Å². The summed E-state index contributed by atoms with van der Waals surface area (Å²) in [6.07, 6.45) is 33.7. The summed E-state index contributed by atoms with van der Waals surface area (Å²) in [7, 11) is 1.43. The Bertz CT molecular complexity index is 964. The first kappa shape index (κ1) is 58.0. The van der Waals surface area contributed by atoms with Gasteiger partial charge in [-0.1, -0.05) is 226 Å². The topological polar surface area (TPSA) is 175 Å². The zero-order valence-corrected chi connectivity index (χ0v) is 39.9. The summed E-state index contributed by atoms with van der Waals surface area (Å²) in [6, 6.07) is -1.74. The highest BCUT2D eigenvalue weighted by Gasteiger charge is 2.45. The van der Waals surface area contributed by atoms with Gasteiger partial charge in [-0.25, -0.2) is 4.79 Å². The standard InChI is InChI=1S/C50H100N2O9/c1-4-6-8-10-12-14-16-18-19-20-21-22-23-24-25-26-27-29-31-33-35-37-39-52(50(51)58)42(40-60-49-48(57)47(56)46(55)44(61-49)41-59-3)45(54)43(53)38-36-34-32-30-28-17-15-13-11-9-7-5-2/h42-49,53-57H,4-41H2,1-3H3,(H2,51,58)/t42-,43+,44+,45-,46-,47-,48+,49-/m0/s1. The molecule has 0 aliphatic carbocycles. The SMILES string of the molecule is CCCCCCCCCCCCCCCCCCCCCCCCN(C(N)=O)[C@@H](CO[C@H]1O[C@H](COC)[C@H](O)[C@H](O)[C@H]1O)[C@H](O)[C@H](O)CCCCCCCCCCCCCC. The molecule has 0 radical (unpaired) electrons. The second-order valence-corrected chi connectivity index (χ2v) is 18.6. The Morgan fingerprint density at radius 1 is 0.557 bits per heavy atom. The highest BCUT2D eigenvalue weighted by atomic mass is 16.7. The molecule has 2 amide bonds. The van der Waals surface area contributed by atoms with Crippen LogP contribution in [0.5, 0.6) is 0 Å². The molecule has 0 aromatic rings. The van der Waals surface area contributed by atoms with E-state index in [-0.39, 0.29) is 19.8 Å². The lowest BCUT2D eigenvalue weighted by Gasteiger charge is -2.41. The van der Waals surface area contributed by atoms with Crippen LogP contribution in [0.15, 0.2) is 0 Å². The van der Waals surface area contributed by atoms with Crippen molar-refractivity contribution < 1.29 is 44.5 Å². The minimum Gasteiger partial charge on any atom is -0.390 e. The summed E-state index contributed by atoms with van der Waals surface area (Å²) in [5, 5.41) is 54.1. The van der Waals surface area contributed by atoms with Crippen LogP contribution in [0.1, 0.15) is 239 Å². The van der Waals surface area contributed by atoms with Gasteiger partial charge in [0.1, 0.15) is 30.5 Å². The molecule has 364 valence electrons. The van der Waals surface area contributed by atoms with Gasteiger partial charge in [0.15, 0.2) is 6.29 Å². The number of hydrogen-bond donors (Lipinski definition) is 6. The van der Waals surface area contributed by atoms with Crippen LogP contribution >= 0.6 is 0 Å². The normalized spacial score (nSPS) is 20.8. The summed E-state index contributed by atoms with van der Waals surface area (Å²) in [4.78, 5) is 14.2. The fourth-order valence-electron chi connectivity index (χ4n) is 8.87. The van der Waals surface area contributed by atoms with Crippen molar-refractivity contribution in [3.8, 4) is 0 Å². The summed E-state index contributed by atoms with van der Waals surface area (Å²) in [6.45, 7) is 4.46. The lowest BCUT2D eigenvalue weighted by Crippen LogP contribution is -2.61. The average molecular weight is 873 g/mol. The number of nitrogens with two attached hydrogens (primary N) is 1. The number of nitrogens with zero attached hydrogens (tertiary/aromatic N) is 1. The van der Waals surface area contributed by atoms with E-state index in [1.807, 2.05) is 0 Å². The maximum absolute atomic E-state index is 12.9. The molecule has 0 aromatic heterocycles. The zero-order valence-electron chi connectivity index (χ0n) is 39.9. The number of unbranched alkanes of at least 4 members (excludes halogenated alkanes) is 32. The van der Waals surface area contributed by atoms with Gasteiger partial charge in [0.05, 0.1) is 25.4 Å². The lowest BCUT2D eigenvalue weighted by molar-refractivity contribution is -0.305. The van der Waals surface area contributed by atoms with Crippen molar-refractivity contribution in [2.75, 3.05) is 26.9 Å². The third-order valence-electron chi connectivity index (χ3n) is 13.0. The van der Waals surface area contributed by atoms with E-state index in [4.69, 9.17) is 19.9 Å². The minimum atomic E-state index is -1.58. The number of methoxy groups -OCH3 is 1. The Kier molecular flexibility index (Phi) is 38.4. The lowest BCUT2D eigenvalue weighted by atomic mass is 9.97. The Labute approximate surface area is 374 Å². The third kappa shape index (κ3) is 29.2. The molecule has 61 heavy (non-hydrogen) atoms. The first-order valence-electron chi connectivity index (χ1n) is 25.9. The molecular weight excluding hydrogens is 773 g/mol. The molecule has 1 saturated heterocycles. The van der Waals surface area contributed by atoms with Gasteiger partial charge in [0, 0.05) is 13.7 Å². The Morgan fingerprint density at radius 3 is 1.28 bits per heavy atom. The van der Waals surface area contributed by atoms with Crippen LogP contribution in [0.4, 0.5) is 4.79 Å². The molecule has 1 fully saturated rings. The monoisotopic (exact) mass is 873 g/mol. The summed E-state index contributed by atoms with van der Waals surface area (Å²) < 4.78 is 16.7. The average Bonchev–Trinajstić information content (AvgIpc) is 3.25. The predicted molar refractivity (Wildman–Crippen MR) is 250 cm³/mol. The molecule has 11 heteroatoms. The number of carbonyl (C=O) groups is 1. The molecule has 0 aromatic carbocycles. The molecule has 0 saturated carbocycles. The first-order chi connectivity index (χ1) is 29.7. The largest absolute Gasteiger partial charge is 0.390 e. The Morgan fingerprint density at radius 2 is 0.918 bits per heavy atom. The van der Waals surface area contributed by atoms with Gasteiger partial charge in [0.2, 0.25) is 0 Å². The fraction of sp³-hybridized carbons (Fsp3) is 0.980. The van der Waals surface area contributed by atoms with Gasteiger partial charge in [-0.3, -0.25) is 0 Å². The maximum Gasteiger partial charge on any atom is 0.315 e. The van der Waals surface area contributed by atoms with Crippen LogP contribution in [-0.4, -0.2) is 112 Å². The highest BCUT2D eigenvalue weighted by Crippen LogP contribution is 2.25. The third-order valence-corrected chi connectivity index (χ3v) is 13.0. The van der Waals surface area contributed by atoms with Crippen LogP contribution in [0.25, 0.3) is 0 Å². The van der Waals surface area contributed by atoms with E-state index in [1.165, 1.54) is 179 Å². The molecule has 11 nitrogen and oxygen atoms in total. The van der Waals surface area contributed by atoms with Crippen LogP contribution in [-0.2, 0) is 14.2 Å². The molecule has 0 unspecified atom stereocenters. The molecule has 1 aliphatic heterocycles. The van der Waals surface area contributed by atoms with Crippen molar-refractivity contribution in [2.24, 2.45) is 5.73 Å². The molecule has 8 atom stereocenters. The van der Waals surface area contributed by atoms with E-state index in [2.05, 4.69) is 13.8 Å². The number of aliphatic hydroxyl groups is 5. The van der Waals surface area contributed by atoms with Crippen molar-refractivity contribution in [3.05, 3.63) is 0 Å². The summed E-state index contributed by atoms with van der Waals surface area (Å²) in [5.74, 6) is 0. The minimum absolute atomic E-state index is 0.0401. The zero-order chi connectivity index (χ0) is 44.8. The van der Waals surface area contributed by atoms with E-state index >= 15 is 0 Å². The number of urea groups is 1. The van der Waals surface area contributed by atoms with Gasteiger partial charge in [-0.15, -0.1) is 0 Å². The number of carbonyl (C=O) groups excluding carboxylic acids is 1. The van der Waals surface area contributed by atoms with Crippen molar-refractivity contribution in [1.82, 2.24) is 4.90 Å². The van der Waals surface area contributed by atoms with E-state index in [0.717, 1.165) is 44.9 Å². The second-order valence-electron chi connectivity index (χ2n) is 18.6. The van der Waals surface area contributed by atoms with E-state index in [1.54, 1.807) is 0 Å². The number of rotatable bonds is 44. The van der Waals surface area contributed by atoms with Crippen LogP contribution in [0.2, 0.25) is 0 Å². The fourth-order valence-corrected chi connectivity index (χ4v) is 8.87. The maximum atomic E-state index is 12.9. The van der Waals surface area contributed by atoms with Crippen molar-refractivity contribution in [3.63, 3.8) is 0 Å². The van der Waals surface area contributed by atoms with Crippen molar-refractivity contribution in [1.29, 1.82) is 0 Å². The quantitative estimate of drug-likeness (QED) is 0.0326. The van der Waals surface area contributed by atoms with Gasteiger partial charge < -0.3 is 50.4 Å². The van der Waals surface area contributed by atoms with Crippen molar-refractivity contribution in [2.45, 2.75) is 288 Å². The van der Waals surface area contributed by atoms with E-state index in [0.29, 0.717) is 12.8 Å². The highest BCUT2D eigenvalue weighted by molar-refractivity contribution is 5.72. The van der Waals surface area contributed by atoms with Gasteiger partial charge in [0.25, 0.3) is 0 Å². The number of aliphatic hydroxyl groups excluding tert-OH is 5. The number of ether oxygens (including phenoxy) is 3. The van der Waals surface area contributed by atoms with Gasteiger partial charge in [-0.05, 0) is 12.8 Å². The molecule has 1 rings (SSSR count). The molecule has 1 heterocycles. The molecular formula is C50H100N2O9. The Hall–Kier alpha value is -1.05. The first-order valence-corrected chi connectivity index (χ1v) is 25.9.